The van der Waals surface area contributed by atoms with E-state index in [0.717, 1.165) is 21.2 Å². The highest BCUT2D eigenvalue weighted by atomic mass is 79.9. The van der Waals surface area contributed by atoms with Crippen LogP contribution in [0.25, 0.3) is 22.6 Å². The summed E-state index contributed by atoms with van der Waals surface area (Å²) in [5, 5.41) is 9.12. The van der Waals surface area contributed by atoms with Crippen LogP contribution in [0.4, 0.5) is 0 Å². The summed E-state index contributed by atoms with van der Waals surface area (Å²) in [6, 6.07) is 5.15. The average Bonchev–Trinajstić information content (AvgIpc) is 2.72. The van der Waals surface area contributed by atoms with Crippen molar-refractivity contribution in [3.63, 3.8) is 0 Å². The molecule has 0 radical (unpaired) electrons. The minimum Gasteiger partial charge on any atom is -0.493 e. The van der Waals surface area contributed by atoms with Gasteiger partial charge in [-0.15, -0.1) is 0 Å². The van der Waals surface area contributed by atoms with Crippen LogP contribution in [0.5, 0.6) is 5.88 Å². The Morgan fingerprint density at radius 2 is 2.06 bits per heavy atom. The number of aromatic hydroxyl groups is 1. The van der Waals surface area contributed by atoms with Gasteiger partial charge in [0, 0.05) is 28.5 Å². The van der Waals surface area contributed by atoms with Crippen LogP contribution in [0.3, 0.4) is 0 Å². The first kappa shape index (κ1) is 10.2. The molecule has 3 aromatic heterocycles. The van der Waals surface area contributed by atoms with E-state index < -0.39 is 0 Å². The van der Waals surface area contributed by atoms with Gasteiger partial charge in [-0.25, -0.2) is 15.0 Å². The Hall–Kier alpha value is -1.95. The lowest BCUT2D eigenvalue weighted by molar-refractivity contribution is 0.453. The molecule has 0 atom stereocenters. The molecule has 0 aliphatic rings. The van der Waals surface area contributed by atoms with Gasteiger partial charge in [-0.2, -0.15) is 0 Å². The summed E-state index contributed by atoms with van der Waals surface area (Å²) in [5.74, 6) is 0.670. The van der Waals surface area contributed by atoms with Gasteiger partial charge in [0.25, 0.3) is 0 Å². The third kappa shape index (κ3) is 1.87. The second-order valence-corrected chi connectivity index (χ2v) is 4.43. The number of fused-ring (bicyclic) bond motifs is 1. The number of aromatic amines is 1. The number of nitrogens with zero attached hydrogens (tertiary/aromatic N) is 3. The van der Waals surface area contributed by atoms with Crippen LogP contribution < -0.4 is 0 Å². The third-order valence-corrected chi connectivity index (χ3v) is 2.76. The SMILES string of the molecule is Oc1ccc(-c2nc3cc(Br)cnc3[nH]2)cn1. The molecule has 84 valence electrons. The van der Waals surface area contributed by atoms with E-state index in [0.29, 0.717) is 5.82 Å². The number of aromatic nitrogens is 4. The molecule has 0 aliphatic heterocycles. The quantitative estimate of drug-likeness (QED) is 0.722. The Labute approximate surface area is 105 Å². The van der Waals surface area contributed by atoms with Gasteiger partial charge in [0.2, 0.25) is 5.88 Å². The van der Waals surface area contributed by atoms with Gasteiger partial charge >= 0.3 is 0 Å². The Balaban J connectivity index is 2.14. The van der Waals surface area contributed by atoms with Gasteiger partial charge in [0.15, 0.2) is 5.65 Å². The number of halogens is 1. The van der Waals surface area contributed by atoms with Crippen molar-refractivity contribution in [2.24, 2.45) is 0 Å². The monoisotopic (exact) mass is 290 g/mol. The van der Waals surface area contributed by atoms with Gasteiger partial charge < -0.3 is 10.1 Å². The van der Waals surface area contributed by atoms with Crippen LogP contribution in [0.15, 0.2) is 35.1 Å². The smallest absolute Gasteiger partial charge is 0.210 e. The molecule has 0 bridgehead atoms. The lowest BCUT2D eigenvalue weighted by Gasteiger charge is -1.94. The van der Waals surface area contributed by atoms with Gasteiger partial charge in [-0.1, -0.05) is 0 Å². The van der Waals surface area contributed by atoms with Crippen LogP contribution in [0, 0.1) is 0 Å². The molecular weight excluding hydrogens is 284 g/mol. The molecule has 6 heteroatoms. The van der Waals surface area contributed by atoms with Crippen molar-refractivity contribution in [2.75, 3.05) is 0 Å². The fourth-order valence-electron chi connectivity index (χ4n) is 1.53. The molecule has 3 rings (SSSR count). The number of rotatable bonds is 1. The fraction of sp³-hybridized carbons (Fsp3) is 0. The summed E-state index contributed by atoms with van der Waals surface area (Å²) in [4.78, 5) is 15.5. The predicted molar refractivity (Wildman–Crippen MR) is 66.5 cm³/mol. The number of hydrogen-bond acceptors (Lipinski definition) is 4. The van der Waals surface area contributed by atoms with Crippen LogP contribution >= 0.6 is 15.9 Å². The van der Waals surface area contributed by atoms with Crippen LogP contribution in [-0.4, -0.2) is 25.0 Å². The molecule has 2 N–H and O–H groups in total. The lowest BCUT2D eigenvalue weighted by atomic mass is 10.3. The zero-order valence-electron chi connectivity index (χ0n) is 8.55. The van der Waals surface area contributed by atoms with E-state index >= 15 is 0 Å². The minimum absolute atomic E-state index is 0.00858. The molecule has 0 fully saturated rings. The Bertz CT molecular complexity index is 678. The van der Waals surface area contributed by atoms with Crippen molar-refractivity contribution in [3.05, 3.63) is 35.1 Å². The number of nitrogens with one attached hydrogen (secondary N) is 1. The molecule has 0 unspecified atom stereocenters. The highest BCUT2D eigenvalue weighted by Gasteiger charge is 2.06. The number of imidazole rings is 1. The molecule has 3 aromatic rings. The van der Waals surface area contributed by atoms with E-state index in [1.165, 1.54) is 6.07 Å². The maximum atomic E-state index is 9.12. The molecule has 0 saturated heterocycles. The van der Waals surface area contributed by atoms with Crippen LogP contribution in [0.1, 0.15) is 0 Å². The molecule has 0 aromatic carbocycles. The van der Waals surface area contributed by atoms with Crippen molar-refractivity contribution >= 4 is 27.1 Å². The molecule has 0 aliphatic carbocycles. The lowest BCUT2D eigenvalue weighted by Crippen LogP contribution is -1.81. The molecular formula is C11H7BrN4O. The molecule has 0 amide bonds. The molecule has 5 nitrogen and oxygen atoms in total. The summed E-state index contributed by atoms with van der Waals surface area (Å²) in [5.41, 5.74) is 2.30. The first-order chi connectivity index (χ1) is 8.22. The van der Waals surface area contributed by atoms with E-state index in [2.05, 4.69) is 35.9 Å². The van der Waals surface area contributed by atoms with Crippen molar-refractivity contribution in [1.29, 1.82) is 0 Å². The largest absolute Gasteiger partial charge is 0.493 e. The first-order valence-corrected chi connectivity index (χ1v) is 5.68. The maximum absolute atomic E-state index is 9.12. The Kier molecular flexibility index (Phi) is 2.29. The number of hydrogen-bond donors (Lipinski definition) is 2. The molecule has 0 spiro atoms. The topological polar surface area (TPSA) is 74.7 Å². The maximum Gasteiger partial charge on any atom is 0.210 e. The van der Waals surface area contributed by atoms with Crippen molar-refractivity contribution < 1.29 is 5.11 Å². The van der Waals surface area contributed by atoms with Crippen molar-refractivity contribution in [2.45, 2.75) is 0 Å². The normalized spacial score (nSPS) is 10.9. The van der Waals surface area contributed by atoms with Gasteiger partial charge in [0.1, 0.15) is 11.3 Å². The highest BCUT2D eigenvalue weighted by Crippen LogP contribution is 2.21. The minimum atomic E-state index is -0.00858. The van der Waals surface area contributed by atoms with Crippen molar-refractivity contribution in [1.82, 2.24) is 19.9 Å². The fourth-order valence-corrected chi connectivity index (χ4v) is 1.85. The second-order valence-electron chi connectivity index (χ2n) is 3.51. The standard InChI is InChI=1S/C11H7BrN4O/c12-7-3-8-11(14-5-7)16-10(15-8)6-1-2-9(17)13-4-6/h1-5H,(H,13,17)(H,14,15,16). The first-order valence-electron chi connectivity index (χ1n) is 4.89. The third-order valence-electron chi connectivity index (χ3n) is 2.32. The van der Waals surface area contributed by atoms with Gasteiger partial charge in [-0.3, -0.25) is 0 Å². The summed E-state index contributed by atoms with van der Waals surface area (Å²) < 4.78 is 0.881. The summed E-state index contributed by atoms with van der Waals surface area (Å²) >= 11 is 3.35. The molecule has 17 heavy (non-hydrogen) atoms. The Morgan fingerprint density at radius 3 is 2.82 bits per heavy atom. The van der Waals surface area contributed by atoms with E-state index in [9.17, 15) is 0 Å². The zero-order valence-corrected chi connectivity index (χ0v) is 10.1. The van der Waals surface area contributed by atoms with Crippen molar-refractivity contribution in [3.8, 4) is 17.3 Å². The van der Waals surface area contributed by atoms with Gasteiger partial charge in [0.05, 0.1) is 0 Å². The van der Waals surface area contributed by atoms with E-state index in [1.807, 2.05) is 6.07 Å². The number of H-pyrrole nitrogens is 1. The highest BCUT2D eigenvalue weighted by molar-refractivity contribution is 9.10. The van der Waals surface area contributed by atoms with E-state index in [4.69, 9.17) is 5.11 Å². The summed E-state index contributed by atoms with van der Waals surface area (Å²) in [6.07, 6.45) is 3.27. The summed E-state index contributed by atoms with van der Waals surface area (Å²) in [6.45, 7) is 0. The predicted octanol–water partition coefficient (Wildman–Crippen LogP) is 2.49. The van der Waals surface area contributed by atoms with E-state index in [1.54, 1.807) is 18.5 Å². The van der Waals surface area contributed by atoms with Crippen LogP contribution in [-0.2, 0) is 0 Å². The molecule has 3 heterocycles. The Morgan fingerprint density at radius 1 is 1.18 bits per heavy atom. The molecule has 0 saturated carbocycles. The number of pyridine rings is 2. The average molecular weight is 291 g/mol. The van der Waals surface area contributed by atoms with Crippen LogP contribution in [0.2, 0.25) is 0 Å². The van der Waals surface area contributed by atoms with E-state index in [-0.39, 0.29) is 5.88 Å². The zero-order chi connectivity index (χ0) is 11.8. The second kappa shape index (κ2) is 3.81. The van der Waals surface area contributed by atoms with Gasteiger partial charge in [-0.05, 0) is 28.1 Å². The summed E-state index contributed by atoms with van der Waals surface area (Å²) in [7, 11) is 0.